The van der Waals surface area contributed by atoms with E-state index in [0.29, 0.717) is 28.3 Å². The number of anilines is 1. The molecule has 3 N–H and O–H groups in total. The Labute approximate surface area is 189 Å². The predicted octanol–water partition coefficient (Wildman–Crippen LogP) is 1.03. The van der Waals surface area contributed by atoms with Gasteiger partial charge in [0.15, 0.2) is 11.5 Å². The topological polar surface area (TPSA) is 117 Å². The molecule has 4 heterocycles. The molecule has 33 heavy (non-hydrogen) atoms. The zero-order valence-corrected chi connectivity index (χ0v) is 18.1. The van der Waals surface area contributed by atoms with E-state index in [2.05, 4.69) is 10.6 Å². The number of aliphatic hydroxyl groups excluding tert-OH is 1. The molecule has 2 aromatic rings. The van der Waals surface area contributed by atoms with Gasteiger partial charge < -0.3 is 19.9 Å². The molecule has 2 fully saturated rings. The Kier molecular flexibility index (Phi) is 4.15. The van der Waals surface area contributed by atoms with Crippen LogP contribution in [0.1, 0.15) is 23.6 Å². The Morgan fingerprint density at radius 2 is 1.94 bits per heavy atom. The lowest BCUT2D eigenvalue weighted by Crippen LogP contribution is -2.54. The fourth-order valence-electron chi connectivity index (χ4n) is 5.76. The number of fused-ring (bicyclic) bond motifs is 5. The number of amides is 3. The maximum Gasteiger partial charge on any atom is 0.250 e. The minimum atomic E-state index is -1.41. The van der Waals surface area contributed by atoms with E-state index in [9.17, 15) is 19.5 Å². The Hall–Kier alpha value is -3.43. The lowest BCUT2D eigenvalue weighted by atomic mass is 9.76. The zero-order valence-electron chi connectivity index (χ0n) is 18.1. The minimum absolute atomic E-state index is 0.0478. The number of benzene rings is 2. The van der Waals surface area contributed by atoms with Crippen molar-refractivity contribution in [2.75, 3.05) is 12.1 Å². The molecule has 3 amide bonds. The van der Waals surface area contributed by atoms with E-state index in [1.165, 1.54) is 4.90 Å². The lowest BCUT2D eigenvalue weighted by molar-refractivity contribution is -0.143. The number of nitrogens with zero attached hydrogens (tertiary/aromatic N) is 1. The van der Waals surface area contributed by atoms with Crippen LogP contribution in [0.15, 0.2) is 36.4 Å². The molecule has 0 radical (unpaired) electrons. The number of rotatable bonds is 3. The number of carbonyl (C=O) groups excluding carboxylic acids is 3. The molecule has 0 saturated carbocycles. The highest BCUT2D eigenvalue weighted by Gasteiger charge is 2.71. The van der Waals surface area contributed by atoms with Gasteiger partial charge in [-0.2, -0.15) is 0 Å². The van der Waals surface area contributed by atoms with Crippen LogP contribution >= 0.6 is 0 Å². The molecule has 9 nitrogen and oxygen atoms in total. The summed E-state index contributed by atoms with van der Waals surface area (Å²) in [6.45, 7) is 3.62. The molecule has 170 valence electrons. The molecule has 1 spiro atoms. The van der Waals surface area contributed by atoms with Crippen molar-refractivity contribution in [2.45, 2.75) is 38.1 Å². The summed E-state index contributed by atoms with van der Waals surface area (Å²) in [4.78, 5) is 41.9. The summed E-state index contributed by atoms with van der Waals surface area (Å²) < 4.78 is 10.7. The van der Waals surface area contributed by atoms with Crippen LogP contribution in [0.3, 0.4) is 0 Å². The Balaban J connectivity index is 1.43. The predicted molar refractivity (Wildman–Crippen MR) is 115 cm³/mol. The summed E-state index contributed by atoms with van der Waals surface area (Å²) in [5.74, 6) is -1.84. The quantitative estimate of drug-likeness (QED) is 0.599. The van der Waals surface area contributed by atoms with Gasteiger partial charge in [0.2, 0.25) is 24.5 Å². The number of aliphatic hydroxyl groups is 1. The standard InChI is InChI=1S/C24H23N3O6/c1-11-4-3-5-14-19(11)25-23(31)24(14)18-17(20(26-24)12(2)28)21(29)27(22(18)30)9-13-6-7-15-16(8-13)33-10-32-15/h3-8,12,17-18,20,26,28H,9-10H2,1-2H3,(H,25,31)/t12-,17+,18+,20-,24-/m1/s1. The van der Waals surface area contributed by atoms with Gasteiger partial charge in [-0.1, -0.05) is 24.3 Å². The van der Waals surface area contributed by atoms with Crippen LogP contribution in [0.4, 0.5) is 5.69 Å². The molecule has 0 aliphatic carbocycles. The van der Waals surface area contributed by atoms with Crippen LogP contribution in [0.2, 0.25) is 0 Å². The van der Waals surface area contributed by atoms with Gasteiger partial charge in [-0.3, -0.25) is 24.6 Å². The van der Waals surface area contributed by atoms with Crippen LogP contribution in [-0.2, 0) is 26.5 Å². The number of imide groups is 1. The first-order valence-corrected chi connectivity index (χ1v) is 10.9. The normalized spacial score (nSPS) is 30.1. The largest absolute Gasteiger partial charge is 0.454 e. The second kappa shape index (κ2) is 6.79. The third kappa shape index (κ3) is 2.57. The molecule has 9 heteroatoms. The molecule has 4 aliphatic heterocycles. The van der Waals surface area contributed by atoms with E-state index < -0.39 is 41.3 Å². The molecule has 2 saturated heterocycles. The number of carbonyl (C=O) groups is 3. The second-order valence-electron chi connectivity index (χ2n) is 9.12. The Morgan fingerprint density at radius 3 is 2.73 bits per heavy atom. The van der Waals surface area contributed by atoms with Crippen molar-refractivity contribution in [1.29, 1.82) is 0 Å². The van der Waals surface area contributed by atoms with Gasteiger partial charge >= 0.3 is 0 Å². The van der Waals surface area contributed by atoms with Crippen LogP contribution in [-0.4, -0.2) is 46.7 Å². The van der Waals surface area contributed by atoms with E-state index >= 15 is 0 Å². The first kappa shape index (κ1) is 20.2. The summed E-state index contributed by atoms with van der Waals surface area (Å²) in [6, 6.07) is 10.0. The summed E-state index contributed by atoms with van der Waals surface area (Å²) in [7, 11) is 0. The van der Waals surface area contributed by atoms with Gasteiger partial charge in [0.1, 0.15) is 5.54 Å². The molecule has 4 aliphatic rings. The summed E-state index contributed by atoms with van der Waals surface area (Å²) in [6.07, 6.45) is -0.944. The summed E-state index contributed by atoms with van der Waals surface area (Å²) in [5, 5.41) is 16.6. The average Bonchev–Trinajstić information content (AvgIpc) is 3.51. The monoisotopic (exact) mass is 449 g/mol. The third-order valence-electron chi connectivity index (χ3n) is 7.28. The van der Waals surface area contributed by atoms with Gasteiger partial charge in [-0.05, 0) is 37.1 Å². The van der Waals surface area contributed by atoms with Gasteiger partial charge in [0.05, 0.1) is 24.5 Å². The maximum atomic E-state index is 13.8. The van der Waals surface area contributed by atoms with Gasteiger partial charge in [0.25, 0.3) is 0 Å². The van der Waals surface area contributed by atoms with Crippen LogP contribution < -0.4 is 20.1 Å². The molecule has 0 aromatic heterocycles. The molecule has 0 bridgehead atoms. The van der Waals surface area contributed by atoms with Crippen LogP contribution in [0.5, 0.6) is 11.5 Å². The Bertz CT molecular complexity index is 1230. The van der Waals surface area contributed by atoms with Crippen LogP contribution in [0, 0.1) is 18.8 Å². The minimum Gasteiger partial charge on any atom is -0.454 e. The number of hydrogen-bond donors (Lipinski definition) is 3. The molecular formula is C24H23N3O6. The molecule has 5 atom stereocenters. The number of likely N-dealkylation sites (tertiary alicyclic amines) is 1. The van der Waals surface area contributed by atoms with Crippen molar-refractivity contribution in [1.82, 2.24) is 10.2 Å². The molecule has 0 unspecified atom stereocenters. The van der Waals surface area contributed by atoms with Crippen molar-refractivity contribution < 1.29 is 29.0 Å². The van der Waals surface area contributed by atoms with Crippen molar-refractivity contribution in [3.8, 4) is 11.5 Å². The van der Waals surface area contributed by atoms with E-state index in [4.69, 9.17) is 9.47 Å². The highest BCUT2D eigenvalue weighted by atomic mass is 16.7. The smallest absolute Gasteiger partial charge is 0.250 e. The van der Waals surface area contributed by atoms with E-state index in [-0.39, 0.29) is 19.2 Å². The van der Waals surface area contributed by atoms with Crippen molar-refractivity contribution in [3.05, 3.63) is 53.1 Å². The van der Waals surface area contributed by atoms with Crippen molar-refractivity contribution >= 4 is 23.4 Å². The number of aryl methyl sites for hydroxylation is 1. The Morgan fingerprint density at radius 1 is 1.15 bits per heavy atom. The van der Waals surface area contributed by atoms with Crippen molar-refractivity contribution in [2.24, 2.45) is 11.8 Å². The van der Waals surface area contributed by atoms with Crippen LogP contribution in [0.25, 0.3) is 0 Å². The van der Waals surface area contributed by atoms with Crippen molar-refractivity contribution in [3.63, 3.8) is 0 Å². The lowest BCUT2D eigenvalue weighted by Gasteiger charge is -2.30. The maximum absolute atomic E-state index is 13.8. The fraction of sp³-hybridized carbons (Fsp3) is 0.375. The first-order chi connectivity index (χ1) is 15.8. The number of hydrogen-bond acceptors (Lipinski definition) is 7. The number of nitrogens with one attached hydrogen (secondary N) is 2. The first-order valence-electron chi connectivity index (χ1n) is 10.9. The molecule has 6 rings (SSSR count). The fourth-order valence-corrected chi connectivity index (χ4v) is 5.76. The highest BCUT2D eigenvalue weighted by molar-refractivity contribution is 6.15. The molecular weight excluding hydrogens is 426 g/mol. The third-order valence-corrected chi connectivity index (χ3v) is 7.28. The number of para-hydroxylation sites is 1. The van der Waals surface area contributed by atoms with Gasteiger partial charge in [-0.15, -0.1) is 0 Å². The van der Waals surface area contributed by atoms with E-state index in [1.807, 2.05) is 19.1 Å². The average molecular weight is 449 g/mol. The molecule has 2 aromatic carbocycles. The highest BCUT2D eigenvalue weighted by Crippen LogP contribution is 2.54. The number of ether oxygens (including phenoxy) is 2. The summed E-state index contributed by atoms with van der Waals surface area (Å²) in [5.41, 5.74) is 1.45. The summed E-state index contributed by atoms with van der Waals surface area (Å²) >= 11 is 0. The zero-order chi connectivity index (χ0) is 23.1. The van der Waals surface area contributed by atoms with E-state index in [0.717, 1.165) is 5.56 Å². The van der Waals surface area contributed by atoms with E-state index in [1.54, 1.807) is 31.2 Å². The van der Waals surface area contributed by atoms with Gasteiger partial charge in [0, 0.05) is 17.3 Å². The second-order valence-corrected chi connectivity index (χ2v) is 9.12. The van der Waals surface area contributed by atoms with Gasteiger partial charge in [-0.25, -0.2) is 0 Å². The SMILES string of the molecule is Cc1cccc2c1NC(=O)[C@@]21N[C@H]([C@@H](C)O)[C@H]2C(=O)N(Cc3ccc4c(c3)OCO4)C(=O)[C@H]21.